The molecule has 0 saturated heterocycles. The summed E-state index contributed by atoms with van der Waals surface area (Å²) in [6.07, 6.45) is 5.16. The Bertz CT molecular complexity index is 444. The molecule has 1 aromatic rings. The van der Waals surface area contributed by atoms with Crippen molar-refractivity contribution in [3.8, 4) is 0 Å². The second-order valence-corrected chi connectivity index (χ2v) is 4.47. The molecule has 0 amide bonds. The minimum atomic E-state index is 0.472. The molecule has 80 valence electrons. The average molecular weight is 209 g/mol. The number of rotatable bonds is 2. The number of benzene rings is 1. The highest BCUT2D eigenvalue weighted by molar-refractivity contribution is 5.76. The molecule has 1 aliphatic carbocycles. The van der Waals surface area contributed by atoms with Crippen LogP contribution in [0, 0.1) is 12.5 Å². The summed E-state index contributed by atoms with van der Waals surface area (Å²) in [5, 5.41) is 0. The lowest BCUT2D eigenvalue weighted by Crippen LogP contribution is -2.04. The molecule has 2 rings (SSSR count). The van der Waals surface area contributed by atoms with Gasteiger partial charge in [-0.1, -0.05) is 30.3 Å². The van der Waals surface area contributed by atoms with Gasteiger partial charge in [-0.3, -0.25) is 0 Å². The maximum absolute atomic E-state index is 6.08. The zero-order chi connectivity index (χ0) is 11.5. The summed E-state index contributed by atoms with van der Waals surface area (Å²) in [7, 11) is 0. The van der Waals surface area contributed by atoms with E-state index >= 15 is 0 Å². The van der Waals surface area contributed by atoms with Crippen molar-refractivity contribution in [2.24, 2.45) is 5.92 Å². The zero-order valence-corrected chi connectivity index (χ0v) is 9.90. The van der Waals surface area contributed by atoms with Crippen LogP contribution in [0.3, 0.4) is 0 Å². The van der Waals surface area contributed by atoms with Crippen molar-refractivity contribution in [2.75, 3.05) is 0 Å². The van der Waals surface area contributed by atoms with E-state index in [1.165, 1.54) is 16.7 Å². The molecule has 0 radical (unpaired) electrons. The third-order valence-corrected chi connectivity index (χ3v) is 2.96. The van der Waals surface area contributed by atoms with Crippen LogP contribution in [-0.4, -0.2) is 0 Å². The van der Waals surface area contributed by atoms with Gasteiger partial charge in [-0.05, 0) is 25.5 Å². The summed E-state index contributed by atoms with van der Waals surface area (Å²) in [5.74, 6) is 0.472. The first-order valence-electron chi connectivity index (χ1n) is 5.78. The van der Waals surface area contributed by atoms with Crippen molar-refractivity contribution in [3.63, 3.8) is 0 Å². The van der Waals surface area contributed by atoms with Crippen molar-refractivity contribution in [1.29, 1.82) is 0 Å². The quantitative estimate of drug-likeness (QED) is 0.633. The van der Waals surface area contributed by atoms with Crippen molar-refractivity contribution >= 4 is 5.57 Å². The van der Waals surface area contributed by atoms with Crippen LogP contribution in [0.5, 0.6) is 0 Å². The van der Waals surface area contributed by atoms with Crippen LogP contribution in [0.1, 0.15) is 25.8 Å². The van der Waals surface area contributed by atoms with Crippen LogP contribution >= 0.6 is 0 Å². The zero-order valence-electron chi connectivity index (χ0n) is 9.90. The van der Waals surface area contributed by atoms with Gasteiger partial charge in [0.2, 0.25) is 0 Å². The molecule has 0 atom stereocenters. The van der Waals surface area contributed by atoms with Gasteiger partial charge in [-0.2, -0.15) is 0 Å². The third-order valence-electron chi connectivity index (χ3n) is 2.96. The van der Waals surface area contributed by atoms with Crippen molar-refractivity contribution in [1.82, 2.24) is 0 Å². The van der Waals surface area contributed by atoms with Crippen molar-refractivity contribution in [3.05, 3.63) is 65.8 Å². The van der Waals surface area contributed by atoms with E-state index in [9.17, 15) is 0 Å². The third kappa shape index (κ3) is 1.98. The van der Waals surface area contributed by atoms with E-state index in [0.717, 1.165) is 12.0 Å². The monoisotopic (exact) mass is 209 g/mol. The van der Waals surface area contributed by atoms with Crippen LogP contribution in [-0.2, 0) is 0 Å². The minimum Gasteiger partial charge on any atom is -0.0622 e. The van der Waals surface area contributed by atoms with Gasteiger partial charge in [-0.25, -0.2) is 0 Å². The lowest BCUT2D eigenvalue weighted by Gasteiger charge is -2.14. The molecule has 1 aliphatic rings. The molecule has 0 heteroatoms. The fourth-order valence-corrected chi connectivity index (χ4v) is 2.27. The number of allylic oxidation sites excluding steroid dienone is 5. The second kappa shape index (κ2) is 4.47. The molecule has 0 unspecified atom stereocenters. The smallest absolute Gasteiger partial charge is 0.0622 e. The normalized spacial score (nSPS) is 16.0. The highest BCUT2D eigenvalue weighted by Gasteiger charge is 2.24. The van der Waals surface area contributed by atoms with Gasteiger partial charge < -0.3 is 0 Å². The average Bonchev–Trinajstić information content (AvgIpc) is 2.29. The molecule has 0 spiro atoms. The molecule has 0 aromatic heterocycles. The van der Waals surface area contributed by atoms with Crippen molar-refractivity contribution in [2.45, 2.75) is 20.3 Å². The second-order valence-electron chi connectivity index (χ2n) is 4.47. The van der Waals surface area contributed by atoms with Crippen molar-refractivity contribution < 1.29 is 0 Å². The van der Waals surface area contributed by atoms with Crippen LogP contribution < -0.4 is 0 Å². The molecular formula is C16H17+. The molecule has 16 heavy (non-hydrogen) atoms. The van der Waals surface area contributed by atoms with E-state index in [0.29, 0.717) is 5.92 Å². The van der Waals surface area contributed by atoms with Gasteiger partial charge >= 0.3 is 0 Å². The lowest BCUT2D eigenvalue weighted by atomic mass is 9.83. The molecule has 0 heterocycles. The number of hydrogen-bond acceptors (Lipinski definition) is 0. The predicted octanol–water partition coefficient (Wildman–Crippen LogP) is 4.42. The van der Waals surface area contributed by atoms with Gasteiger partial charge in [0.25, 0.3) is 0 Å². The molecule has 0 nitrogen and oxygen atoms in total. The molecule has 1 aromatic carbocycles. The topological polar surface area (TPSA) is 0 Å². The Morgan fingerprint density at radius 2 is 1.81 bits per heavy atom. The Morgan fingerprint density at radius 1 is 1.12 bits per heavy atom. The molecular weight excluding hydrogens is 192 g/mol. The largest absolute Gasteiger partial charge is 0.183 e. The Kier molecular flexibility index (Phi) is 3.03. The summed E-state index contributed by atoms with van der Waals surface area (Å²) in [4.78, 5) is 0. The first-order chi connectivity index (χ1) is 7.70. The van der Waals surface area contributed by atoms with Gasteiger partial charge in [0.05, 0.1) is 11.6 Å². The highest BCUT2D eigenvalue weighted by atomic mass is 14.2. The molecule has 0 bridgehead atoms. The Labute approximate surface area is 98.0 Å². The van der Waals surface area contributed by atoms with Crippen LogP contribution in [0.4, 0.5) is 0 Å². The highest BCUT2D eigenvalue weighted by Crippen LogP contribution is 2.34. The predicted molar refractivity (Wildman–Crippen MR) is 69.8 cm³/mol. The Hall–Kier alpha value is -1.65. The van der Waals surface area contributed by atoms with Crippen LogP contribution in [0.25, 0.3) is 5.57 Å². The minimum absolute atomic E-state index is 0.472. The van der Waals surface area contributed by atoms with Gasteiger partial charge in [0.15, 0.2) is 5.57 Å². The summed E-state index contributed by atoms with van der Waals surface area (Å²) < 4.78 is 0. The molecule has 0 N–H and O–H groups in total. The summed E-state index contributed by atoms with van der Waals surface area (Å²) >= 11 is 0. The lowest BCUT2D eigenvalue weighted by molar-refractivity contribution is 0.780. The maximum Gasteiger partial charge on any atom is 0.183 e. The summed E-state index contributed by atoms with van der Waals surface area (Å²) in [6, 6.07) is 10.5. The van der Waals surface area contributed by atoms with Gasteiger partial charge in [0, 0.05) is 24.5 Å². The molecule has 0 fully saturated rings. The SMILES string of the molecule is [CH+]=C1C=CCC(c2ccccc2)=C1C(C)C. The van der Waals surface area contributed by atoms with E-state index in [1.54, 1.807) is 0 Å². The van der Waals surface area contributed by atoms with E-state index in [4.69, 9.17) is 6.58 Å². The summed E-state index contributed by atoms with van der Waals surface area (Å²) in [5.41, 5.74) is 4.88. The van der Waals surface area contributed by atoms with Crippen LogP contribution in [0.15, 0.2) is 53.6 Å². The van der Waals surface area contributed by atoms with E-state index in [-0.39, 0.29) is 0 Å². The van der Waals surface area contributed by atoms with E-state index < -0.39 is 0 Å². The fraction of sp³-hybridized carbons (Fsp3) is 0.250. The molecule has 0 saturated carbocycles. The van der Waals surface area contributed by atoms with E-state index in [1.807, 2.05) is 12.1 Å². The van der Waals surface area contributed by atoms with Gasteiger partial charge in [0.1, 0.15) is 0 Å². The standard InChI is InChI=1S/C16H17/c1-12(2)16-13(3)8-7-11-15(16)14-9-5-4-6-10-14/h3-10,12H,11H2,1-2H3/q+1. The number of hydrogen-bond donors (Lipinski definition) is 0. The summed E-state index contributed by atoms with van der Waals surface area (Å²) in [6.45, 7) is 10.5. The first kappa shape index (κ1) is 10.9. The van der Waals surface area contributed by atoms with Gasteiger partial charge in [-0.15, -0.1) is 0 Å². The Balaban J connectivity index is 2.51. The fourth-order valence-electron chi connectivity index (χ4n) is 2.27. The maximum atomic E-state index is 6.08. The van der Waals surface area contributed by atoms with E-state index in [2.05, 4.69) is 44.2 Å². The van der Waals surface area contributed by atoms with Crippen LogP contribution in [0.2, 0.25) is 0 Å². The first-order valence-corrected chi connectivity index (χ1v) is 5.78. The molecule has 0 aliphatic heterocycles. The Morgan fingerprint density at radius 3 is 2.44 bits per heavy atom.